The first-order chi connectivity index (χ1) is 9.74. The minimum atomic E-state index is 0.109. The molecule has 112 valence electrons. The number of carbonyl (C=O) groups is 1. The molecule has 1 amide bonds. The van der Waals surface area contributed by atoms with Crippen LogP contribution < -0.4 is 10.6 Å². The summed E-state index contributed by atoms with van der Waals surface area (Å²) in [5, 5.41) is 6.50. The van der Waals surface area contributed by atoms with Crippen LogP contribution in [0.4, 0.5) is 0 Å². The van der Waals surface area contributed by atoms with Gasteiger partial charge in [-0.15, -0.1) is 11.3 Å². The molecule has 1 aliphatic rings. The Morgan fingerprint density at radius 3 is 3.00 bits per heavy atom. The largest absolute Gasteiger partial charge is 0.351 e. The van der Waals surface area contributed by atoms with Crippen LogP contribution in [0.25, 0.3) is 0 Å². The summed E-state index contributed by atoms with van der Waals surface area (Å²) in [7, 11) is 0. The topological polar surface area (TPSA) is 41.1 Å². The summed E-state index contributed by atoms with van der Waals surface area (Å²) in [6.45, 7) is 7.31. The number of hydrogen-bond donors (Lipinski definition) is 2. The van der Waals surface area contributed by atoms with E-state index in [0.29, 0.717) is 5.92 Å². The van der Waals surface area contributed by atoms with Crippen LogP contribution in [0.3, 0.4) is 0 Å². The molecule has 3 nitrogen and oxygen atoms in total. The fraction of sp³-hybridized carbons (Fsp3) is 0.688. The molecule has 0 aromatic carbocycles. The van der Waals surface area contributed by atoms with E-state index in [4.69, 9.17) is 0 Å². The van der Waals surface area contributed by atoms with E-state index in [-0.39, 0.29) is 5.91 Å². The Hall–Kier alpha value is -0.870. The van der Waals surface area contributed by atoms with Crippen LogP contribution in [0.15, 0.2) is 6.07 Å². The van der Waals surface area contributed by atoms with Crippen molar-refractivity contribution in [3.8, 4) is 0 Å². The van der Waals surface area contributed by atoms with Crippen molar-refractivity contribution in [2.45, 2.75) is 46.0 Å². The van der Waals surface area contributed by atoms with E-state index < -0.39 is 0 Å². The molecule has 1 aromatic rings. The highest BCUT2D eigenvalue weighted by Gasteiger charge is 2.16. The molecule has 0 saturated carbocycles. The molecule has 0 radical (unpaired) electrons. The van der Waals surface area contributed by atoms with E-state index in [1.165, 1.54) is 23.3 Å². The number of hydrogen-bond acceptors (Lipinski definition) is 3. The Kier molecular flexibility index (Phi) is 6.05. The first kappa shape index (κ1) is 15.5. The molecule has 2 rings (SSSR count). The van der Waals surface area contributed by atoms with Gasteiger partial charge in [-0.3, -0.25) is 4.79 Å². The molecule has 20 heavy (non-hydrogen) atoms. The Morgan fingerprint density at radius 2 is 2.35 bits per heavy atom. The van der Waals surface area contributed by atoms with Gasteiger partial charge in [0.05, 0.1) is 4.88 Å². The average Bonchev–Trinajstić information content (AvgIpc) is 2.89. The van der Waals surface area contributed by atoms with Crippen LogP contribution in [-0.2, 0) is 12.8 Å². The third-order valence-electron chi connectivity index (χ3n) is 3.93. The molecule has 1 saturated heterocycles. The van der Waals surface area contributed by atoms with Crippen LogP contribution in [0.1, 0.15) is 53.2 Å². The first-order valence-corrected chi connectivity index (χ1v) is 8.66. The van der Waals surface area contributed by atoms with Gasteiger partial charge in [-0.2, -0.15) is 0 Å². The van der Waals surface area contributed by atoms with Crippen molar-refractivity contribution in [2.24, 2.45) is 5.92 Å². The van der Waals surface area contributed by atoms with Crippen LogP contribution in [-0.4, -0.2) is 25.5 Å². The molecular weight excluding hydrogens is 268 g/mol. The fourth-order valence-corrected chi connectivity index (χ4v) is 4.01. The summed E-state index contributed by atoms with van der Waals surface area (Å²) in [5.41, 5.74) is 1.35. The molecule has 0 aliphatic carbocycles. The number of carbonyl (C=O) groups excluding carboxylic acids is 1. The maximum atomic E-state index is 12.3. The van der Waals surface area contributed by atoms with Gasteiger partial charge in [0.1, 0.15) is 0 Å². The smallest absolute Gasteiger partial charge is 0.261 e. The summed E-state index contributed by atoms with van der Waals surface area (Å²) in [5.74, 6) is 0.700. The lowest BCUT2D eigenvalue weighted by Gasteiger charge is -2.22. The van der Waals surface area contributed by atoms with E-state index >= 15 is 0 Å². The summed E-state index contributed by atoms with van der Waals surface area (Å²) < 4.78 is 0. The predicted octanol–water partition coefficient (Wildman–Crippen LogP) is 2.99. The van der Waals surface area contributed by atoms with Crippen molar-refractivity contribution < 1.29 is 4.79 Å². The summed E-state index contributed by atoms with van der Waals surface area (Å²) in [6.07, 6.45) is 5.70. The standard InChI is InChI=1S/C16H26N2OS/c1-3-6-14-13(4-2)9-15(20-14)16(19)18-11-12-7-5-8-17-10-12/h9,12,17H,3-8,10-11H2,1-2H3,(H,18,19). The second-order valence-corrected chi connectivity index (χ2v) is 6.72. The highest BCUT2D eigenvalue weighted by molar-refractivity contribution is 7.14. The van der Waals surface area contributed by atoms with Crippen molar-refractivity contribution in [1.82, 2.24) is 10.6 Å². The molecule has 1 atom stereocenters. The average molecular weight is 294 g/mol. The van der Waals surface area contributed by atoms with Crippen molar-refractivity contribution in [2.75, 3.05) is 19.6 Å². The number of piperidine rings is 1. The zero-order valence-corrected chi connectivity index (χ0v) is 13.4. The number of thiophene rings is 1. The van der Waals surface area contributed by atoms with Gasteiger partial charge in [-0.05, 0) is 56.3 Å². The molecule has 0 bridgehead atoms. The van der Waals surface area contributed by atoms with Gasteiger partial charge in [0.25, 0.3) is 5.91 Å². The zero-order chi connectivity index (χ0) is 14.4. The summed E-state index contributed by atoms with van der Waals surface area (Å²) >= 11 is 1.68. The van der Waals surface area contributed by atoms with Crippen molar-refractivity contribution >= 4 is 17.2 Å². The Morgan fingerprint density at radius 1 is 1.50 bits per heavy atom. The molecule has 0 spiro atoms. The molecule has 1 fully saturated rings. The molecule has 4 heteroatoms. The Labute approximate surface area is 126 Å². The Balaban J connectivity index is 1.91. The van der Waals surface area contributed by atoms with Crippen LogP contribution in [0.5, 0.6) is 0 Å². The van der Waals surface area contributed by atoms with Crippen LogP contribution >= 0.6 is 11.3 Å². The number of rotatable bonds is 6. The molecular formula is C16H26N2OS. The lowest BCUT2D eigenvalue weighted by atomic mass is 10.00. The van der Waals surface area contributed by atoms with Crippen molar-refractivity contribution in [1.29, 1.82) is 0 Å². The van der Waals surface area contributed by atoms with E-state index in [9.17, 15) is 4.79 Å². The fourth-order valence-electron chi connectivity index (χ4n) is 2.74. The number of aryl methyl sites for hydroxylation is 2. The van der Waals surface area contributed by atoms with E-state index in [1.807, 2.05) is 0 Å². The lowest BCUT2D eigenvalue weighted by molar-refractivity contribution is 0.0949. The molecule has 1 unspecified atom stereocenters. The summed E-state index contributed by atoms with van der Waals surface area (Å²) in [4.78, 5) is 14.5. The van der Waals surface area contributed by atoms with Crippen molar-refractivity contribution in [3.63, 3.8) is 0 Å². The lowest BCUT2D eigenvalue weighted by Crippen LogP contribution is -2.37. The Bertz CT molecular complexity index is 436. The van der Waals surface area contributed by atoms with E-state index in [1.54, 1.807) is 11.3 Å². The molecule has 1 aliphatic heterocycles. The van der Waals surface area contributed by atoms with Crippen molar-refractivity contribution in [3.05, 3.63) is 21.4 Å². The highest BCUT2D eigenvalue weighted by atomic mass is 32.1. The minimum Gasteiger partial charge on any atom is -0.351 e. The maximum Gasteiger partial charge on any atom is 0.261 e. The highest BCUT2D eigenvalue weighted by Crippen LogP contribution is 2.24. The molecule has 2 N–H and O–H groups in total. The summed E-state index contributed by atoms with van der Waals surface area (Å²) in [6, 6.07) is 2.09. The zero-order valence-electron chi connectivity index (χ0n) is 12.6. The second kappa shape index (κ2) is 7.79. The third kappa shape index (κ3) is 4.06. The molecule has 2 heterocycles. The van der Waals surface area contributed by atoms with Gasteiger partial charge < -0.3 is 10.6 Å². The number of amides is 1. The first-order valence-electron chi connectivity index (χ1n) is 7.85. The van der Waals surface area contributed by atoms with Crippen LogP contribution in [0.2, 0.25) is 0 Å². The SMILES string of the molecule is CCCc1sc(C(=O)NCC2CCCNC2)cc1CC. The normalized spacial score (nSPS) is 19.0. The second-order valence-electron chi connectivity index (χ2n) is 5.59. The molecule has 1 aromatic heterocycles. The number of nitrogens with one attached hydrogen (secondary N) is 2. The van der Waals surface area contributed by atoms with Gasteiger partial charge in [0, 0.05) is 11.4 Å². The van der Waals surface area contributed by atoms with Gasteiger partial charge >= 0.3 is 0 Å². The predicted molar refractivity (Wildman–Crippen MR) is 85.6 cm³/mol. The van der Waals surface area contributed by atoms with Gasteiger partial charge in [-0.25, -0.2) is 0 Å². The van der Waals surface area contributed by atoms with E-state index in [2.05, 4.69) is 30.5 Å². The van der Waals surface area contributed by atoms with Gasteiger partial charge in [0.2, 0.25) is 0 Å². The van der Waals surface area contributed by atoms with Gasteiger partial charge in [0.15, 0.2) is 0 Å². The monoisotopic (exact) mass is 294 g/mol. The maximum absolute atomic E-state index is 12.3. The minimum absolute atomic E-state index is 0.109. The quantitative estimate of drug-likeness (QED) is 0.847. The van der Waals surface area contributed by atoms with Crippen LogP contribution in [0, 0.1) is 5.92 Å². The van der Waals surface area contributed by atoms with Gasteiger partial charge in [-0.1, -0.05) is 20.3 Å². The third-order valence-corrected chi connectivity index (χ3v) is 5.16. The van der Waals surface area contributed by atoms with E-state index in [0.717, 1.165) is 43.8 Å².